The highest BCUT2D eigenvalue weighted by Gasteiger charge is 2.19. The number of hydrogen-bond acceptors (Lipinski definition) is 6. The zero-order chi connectivity index (χ0) is 53.6. The van der Waals surface area contributed by atoms with E-state index in [4.69, 9.17) is 14.2 Å². The molecule has 0 amide bonds. The minimum Gasteiger partial charge on any atom is -0.462 e. The molecule has 6 nitrogen and oxygen atoms in total. The first-order valence-corrected chi connectivity index (χ1v) is 31.6. The normalized spacial score (nSPS) is 12.6. The number of esters is 3. The van der Waals surface area contributed by atoms with Crippen molar-refractivity contribution in [3.63, 3.8) is 0 Å². The summed E-state index contributed by atoms with van der Waals surface area (Å²) < 4.78 is 16.9. The minimum absolute atomic E-state index is 0.0836. The molecule has 0 radical (unpaired) electrons. The topological polar surface area (TPSA) is 78.9 Å². The van der Waals surface area contributed by atoms with Crippen molar-refractivity contribution in [3.05, 3.63) is 85.1 Å². The van der Waals surface area contributed by atoms with Gasteiger partial charge in [0, 0.05) is 19.3 Å². The third-order valence-corrected chi connectivity index (χ3v) is 13.6. The van der Waals surface area contributed by atoms with Gasteiger partial charge in [-0.3, -0.25) is 14.4 Å². The van der Waals surface area contributed by atoms with E-state index in [1.165, 1.54) is 167 Å². The van der Waals surface area contributed by atoms with E-state index in [2.05, 4.69) is 106 Å². The Kier molecular flexibility index (Phi) is 59.3. The van der Waals surface area contributed by atoms with Crippen molar-refractivity contribution in [3.8, 4) is 0 Å². The predicted molar refractivity (Wildman–Crippen MR) is 321 cm³/mol. The van der Waals surface area contributed by atoms with E-state index in [0.717, 1.165) is 103 Å². The maximum Gasteiger partial charge on any atom is 0.306 e. The summed E-state index contributed by atoms with van der Waals surface area (Å²) in [7, 11) is 0. The van der Waals surface area contributed by atoms with Gasteiger partial charge in [0.25, 0.3) is 0 Å². The number of carbonyl (C=O) groups is 3. The monoisotopic (exact) mass is 1030 g/mol. The Labute approximate surface area is 458 Å². The molecule has 74 heavy (non-hydrogen) atoms. The quantitative estimate of drug-likeness (QED) is 0.0261. The first-order valence-electron chi connectivity index (χ1n) is 31.6. The van der Waals surface area contributed by atoms with Crippen LogP contribution in [0.5, 0.6) is 0 Å². The molecule has 1 atom stereocenters. The van der Waals surface area contributed by atoms with Crippen molar-refractivity contribution >= 4 is 17.9 Å². The van der Waals surface area contributed by atoms with Crippen LogP contribution in [0.2, 0.25) is 0 Å². The van der Waals surface area contributed by atoms with Crippen molar-refractivity contribution in [1.82, 2.24) is 0 Å². The second-order valence-corrected chi connectivity index (χ2v) is 20.9. The fourth-order valence-corrected chi connectivity index (χ4v) is 8.87. The molecule has 0 saturated heterocycles. The molecule has 1 unspecified atom stereocenters. The highest BCUT2D eigenvalue weighted by molar-refractivity contribution is 5.71. The van der Waals surface area contributed by atoms with Gasteiger partial charge in [-0.25, -0.2) is 0 Å². The molecule has 0 fully saturated rings. The molecule has 6 heteroatoms. The van der Waals surface area contributed by atoms with Gasteiger partial charge >= 0.3 is 17.9 Å². The van der Waals surface area contributed by atoms with E-state index in [1.54, 1.807) is 0 Å². The van der Waals surface area contributed by atoms with Gasteiger partial charge in [-0.05, 0) is 116 Å². The minimum atomic E-state index is -0.787. The van der Waals surface area contributed by atoms with Crippen molar-refractivity contribution in [2.24, 2.45) is 0 Å². The van der Waals surface area contributed by atoms with Crippen LogP contribution in [0.3, 0.4) is 0 Å². The van der Waals surface area contributed by atoms with Crippen LogP contribution in [-0.4, -0.2) is 37.2 Å². The summed E-state index contributed by atoms with van der Waals surface area (Å²) in [5.74, 6) is -0.892. The molecule has 0 rings (SSSR count). The van der Waals surface area contributed by atoms with E-state index < -0.39 is 6.10 Å². The maximum absolute atomic E-state index is 12.9. The van der Waals surface area contributed by atoms with E-state index in [0.29, 0.717) is 19.3 Å². The van der Waals surface area contributed by atoms with Crippen LogP contribution < -0.4 is 0 Å². The van der Waals surface area contributed by atoms with E-state index in [1.807, 2.05) is 0 Å². The van der Waals surface area contributed by atoms with Gasteiger partial charge in [-0.2, -0.15) is 0 Å². The van der Waals surface area contributed by atoms with Crippen LogP contribution in [0.4, 0.5) is 0 Å². The predicted octanol–water partition coefficient (Wildman–Crippen LogP) is 21.5. The number of carbonyl (C=O) groups excluding carboxylic acids is 3. The van der Waals surface area contributed by atoms with E-state index in [-0.39, 0.29) is 31.1 Å². The van der Waals surface area contributed by atoms with Crippen molar-refractivity contribution < 1.29 is 28.6 Å². The Morgan fingerprint density at radius 2 is 0.527 bits per heavy atom. The number of rotatable bonds is 57. The smallest absolute Gasteiger partial charge is 0.306 e. The van der Waals surface area contributed by atoms with Gasteiger partial charge < -0.3 is 14.2 Å². The fourth-order valence-electron chi connectivity index (χ4n) is 8.87. The SMILES string of the molecule is CC/C=C\C/C=C\C/C=C\C/C=C\CCCCCCCCCCCCC(=O)OCC(COC(=O)CCCCCCC/C=C\CCCCCCCC)OC(=O)CCCCCCCCC/C=C\C/C=C\CCCCCC. The van der Waals surface area contributed by atoms with Crippen molar-refractivity contribution in [1.29, 1.82) is 0 Å². The zero-order valence-corrected chi connectivity index (χ0v) is 48.8. The first-order chi connectivity index (χ1) is 36.5. The van der Waals surface area contributed by atoms with Crippen LogP contribution in [0.15, 0.2) is 85.1 Å². The number of hydrogen-bond donors (Lipinski definition) is 0. The van der Waals surface area contributed by atoms with Gasteiger partial charge in [-0.15, -0.1) is 0 Å². The molecular weight excluding hydrogens is 913 g/mol. The molecule has 0 aromatic heterocycles. The standard InChI is InChI=1S/C68H118O6/c1-4-7-10-13-16-19-22-25-28-30-32-33-34-35-36-38-40-43-46-49-52-55-58-61-67(70)73-64-65(63-72-66(69)60-57-54-51-48-45-42-39-27-24-21-18-15-12-9-6-3)74-68(71)62-59-56-53-50-47-44-41-37-31-29-26-23-20-17-14-11-8-5-2/h7,10,16,19-20,23,25,27-29,31-33,39,65H,4-6,8-9,11-15,17-18,21-22,24,26,30,34-38,40-64H2,1-3H3/b10-7-,19-16-,23-20-,28-25-,31-29-,33-32-,39-27-. The summed E-state index contributed by atoms with van der Waals surface area (Å²) in [4.78, 5) is 38.3. The zero-order valence-electron chi connectivity index (χ0n) is 48.8. The Morgan fingerprint density at radius 3 is 0.851 bits per heavy atom. The highest BCUT2D eigenvalue weighted by Crippen LogP contribution is 2.16. The third kappa shape index (κ3) is 59.5. The lowest BCUT2D eigenvalue weighted by atomic mass is 10.1. The van der Waals surface area contributed by atoms with Gasteiger partial charge in [0.2, 0.25) is 0 Å². The molecule has 0 aliphatic carbocycles. The van der Waals surface area contributed by atoms with Gasteiger partial charge in [0.1, 0.15) is 13.2 Å². The lowest BCUT2D eigenvalue weighted by molar-refractivity contribution is -0.167. The highest BCUT2D eigenvalue weighted by atomic mass is 16.6. The lowest BCUT2D eigenvalue weighted by Crippen LogP contribution is -2.30. The number of allylic oxidation sites excluding steroid dienone is 14. The maximum atomic E-state index is 12.9. The lowest BCUT2D eigenvalue weighted by Gasteiger charge is -2.18. The molecule has 0 bridgehead atoms. The molecule has 0 spiro atoms. The fraction of sp³-hybridized carbons (Fsp3) is 0.750. The molecule has 0 heterocycles. The van der Waals surface area contributed by atoms with Crippen LogP contribution in [0, 0.1) is 0 Å². The van der Waals surface area contributed by atoms with Crippen LogP contribution in [-0.2, 0) is 28.6 Å². The molecule has 0 aliphatic heterocycles. The summed E-state index contributed by atoms with van der Waals surface area (Å²) in [6.07, 6.45) is 81.5. The molecule has 0 aromatic rings. The largest absolute Gasteiger partial charge is 0.462 e. The summed E-state index contributed by atoms with van der Waals surface area (Å²) in [6.45, 7) is 6.52. The second-order valence-electron chi connectivity index (χ2n) is 20.9. The van der Waals surface area contributed by atoms with E-state index >= 15 is 0 Å². The van der Waals surface area contributed by atoms with Crippen LogP contribution in [0.25, 0.3) is 0 Å². The summed E-state index contributed by atoms with van der Waals surface area (Å²) >= 11 is 0. The average molecular weight is 1030 g/mol. The first kappa shape index (κ1) is 70.6. The number of ether oxygens (including phenoxy) is 3. The Morgan fingerprint density at radius 1 is 0.284 bits per heavy atom. The van der Waals surface area contributed by atoms with E-state index in [9.17, 15) is 14.4 Å². The Hall–Kier alpha value is -3.41. The molecule has 0 saturated carbocycles. The van der Waals surface area contributed by atoms with Crippen molar-refractivity contribution in [2.45, 2.75) is 316 Å². The van der Waals surface area contributed by atoms with Gasteiger partial charge in [0.05, 0.1) is 0 Å². The van der Waals surface area contributed by atoms with Crippen LogP contribution in [0.1, 0.15) is 310 Å². The molecule has 426 valence electrons. The second kappa shape index (κ2) is 62.1. The van der Waals surface area contributed by atoms with Crippen LogP contribution >= 0.6 is 0 Å². The summed E-state index contributed by atoms with van der Waals surface area (Å²) in [5, 5.41) is 0. The summed E-state index contributed by atoms with van der Waals surface area (Å²) in [5.41, 5.74) is 0. The summed E-state index contributed by atoms with van der Waals surface area (Å²) in [6, 6.07) is 0. The van der Waals surface area contributed by atoms with Gasteiger partial charge in [0.15, 0.2) is 6.10 Å². The molecule has 0 aromatic carbocycles. The number of unbranched alkanes of at least 4 members (excludes halogenated alkanes) is 32. The molecular formula is C68H118O6. The molecule has 0 aliphatic rings. The van der Waals surface area contributed by atoms with Crippen molar-refractivity contribution in [2.75, 3.05) is 13.2 Å². The molecule has 0 N–H and O–H groups in total. The third-order valence-electron chi connectivity index (χ3n) is 13.6. The van der Waals surface area contributed by atoms with Gasteiger partial charge in [-0.1, -0.05) is 260 Å². The Bertz CT molecular complexity index is 1420. The average Bonchev–Trinajstić information content (AvgIpc) is 3.40. The Balaban J connectivity index is 4.37.